The Bertz CT molecular complexity index is 1040. The van der Waals surface area contributed by atoms with Gasteiger partial charge in [0.2, 0.25) is 16.9 Å². The first-order chi connectivity index (χ1) is 14.6. The molecular formula is C22H22N4O2S2. The minimum absolute atomic E-state index is 0.00995. The highest BCUT2D eigenvalue weighted by Gasteiger charge is 2.34. The van der Waals surface area contributed by atoms with Crippen LogP contribution in [0.15, 0.2) is 59.5 Å². The zero-order chi connectivity index (χ0) is 20.9. The third-order valence-electron chi connectivity index (χ3n) is 4.94. The molecule has 1 atom stereocenters. The molecule has 2 amide bonds. The van der Waals surface area contributed by atoms with E-state index in [1.54, 1.807) is 0 Å². The van der Waals surface area contributed by atoms with E-state index in [1.807, 2.05) is 53.4 Å². The summed E-state index contributed by atoms with van der Waals surface area (Å²) >= 11 is 2.82. The Balaban J connectivity index is 1.37. The summed E-state index contributed by atoms with van der Waals surface area (Å²) in [6.07, 6.45) is 1.28. The molecule has 2 aromatic carbocycles. The highest BCUT2D eigenvalue weighted by Crippen LogP contribution is 2.35. The maximum absolute atomic E-state index is 12.6. The molecule has 1 fully saturated rings. The number of carbonyl (C=O) groups is 2. The smallest absolute Gasteiger partial charge is 0.236 e. The zero-order valence-corrected chi connectivity index (χ0v) is 18.2. The second-order valence-electron chi connectivity index (χ2n) is 6.98. The van der Waals surface area contributed by atoms with Crippen molar-refractivity contribution in [2.24, 2.45) is 0 Å². The van der Waals surface area contributed by atoms with Crippen molar-refractivity contribution in [2.45, 2.75) is 30.6 Å². The number of nitrogens with zero attached hydrogens (tertiary/aromatic N) is 3. The fraction of sp³-hybridized carbons (Fsp3) is 0.273. The fourth-order valence-corrected chi connectivity index (χ4v) is 5.02. The third kappa shape index (κ3) is 4.71. The van der Waals surface area contributed by atoms with Gasteiger partial charge in [0.25, 0.3) is 0 Å². The quantitative estimate of drug-likeness (QED) is 0.555. The van der Waals surface area contributed by atoms with Crippen LogP contribution < -0.4 is 10.2 Å². The summed E-state index contributed by atoms with van der Waals surface area (Å²) in [5.74, 6) is 0.278. The van der Waals surface area contributed by atoms with Gasteiger partial charge in [0.15, 0.2) is 0 Å². The molecule has 154 valence electrons. The summed E-state index contributed by atoms with van der Waals surface area (Å²) < 4.78 is 0. The van der Waals surface area contributed by atoms with Crippen LogP contribution >= 0.6 is 23.1 Å². The Labute approximate surface area is 183 Å². The molecule has 1 N–H and O–H groups in total. The standard InChI is InChI=1S/C22H22N4O2S2/c1-2-15-8-6-7-11-18(15)26-13-16(12-20(26)28)21-24-25-22(30-21)23-19(27)14-29-17-9-4-3-5-10-17/h3-11,16H,2,12-14H2,1H3,(H,23,25,27). The van der Waals surface area contributed by atoms with E-state index in [9.17, 15) is 9.59 Å². The van der Waals surface area contributed by atoms with Crippen molar-refractivity contribution in [1.29, 1.82) is 0 Å². The molecule has 6 nitrogen and oxygen atoms in total. The molecule has 2 heterocycles. The number of amides is 2. The maximum Gasteiger partial charge on any atom is 0.236 e. The van der Waals surface area contributed by atoms with Gasteiger partial charge in [-0.25, -0.2) is 0 Å². The van der Waals surface area contributed by atoms with Crippen LogP contribution in [0.25, 0.3) is 0 Å². The number of hydrogen-bond acceptors (Lipinski definition) is 6. The number of carbonyl (C=O) groups excluding carboxylic acids is 2. The minimum atomic E-state index is -0.118. The number of aromatic nitrogens is 2. The number of rotatable bonds is 7. The van der Waals surface area contributed by atoms with Crippen LogP contribution in [-0.2, 0) is 16.0 Å². The molecule has 1 saturated heterocycles. The second-order valence-corrected chi connectivity index (χ2v) is 9.04. The van der Waals surface area contributed by atoms with Gasteiger partial charge in [0.05, 0.1) is 5.75 Å². The molecule has 30 heavy (non-hydrogen) atoms. The van der Waals surface area contributed by atoms with Crippen LogP contribution in [-0.4, -0.2) is 34.3 Å². The average Bonchev–Trinajstić information content (AvgIpc) is 3.39. The molecule has 0 radical (unpaired) electrons. The summed E-state index contributed by atoms with van der Waals surface area (Å²) in [6.45, 7) is 2.68. The van der Waals surface area contributed by atoms with Gasteiger partial charge < -0.3 is 4.90 Å². The van der Waals surface area contributed by atoms with Crippen LogP contribution in [0.4, 0.5) is 10.8 Å². The van der Waals surface area contributed by atoms with Gasteiger partial charge in [0.1, 0.15) is 5.01 Å². The highest BCUT2D eigenvalue weighted by atomic mass is 32.2. The van der Waals surface area contributed by atoms with E-state index in [4.69, 9.17) is 0 Å². The lowest BCUT2D eigenvalue weighted by atomic mass is 10.1. The van der Waals surface area contributed by atoms with Crippen molar-refractivity contribution in [2.75, 3.05) is 22.5 Å². The molecule has 1 aliphatic heterocycles. The summed E-state index contributed by atoms with van der Waals surface area (Å²) in [6, 6.07) is 17.8. The van der Waals surface area contributed by atoms with E-state index in [-0.39, 0.29) is 17.7 Å². The largest absolute Gasteiger partial charge is 0.311 e. The summed E-state index contributed by atoms with van der Waals surface area (Å²) in [4.78, 5) is 27.8. The van der Waals surface area contributed by atoms with Gasteiger partial charge in [-0.05, 0) is 30.2 Å². The normalized spacial score (nSPS) is 16.1. The summed E-state index contributed by atoms with van der Waals surface area (Å²) in [7, 11) is 0. The molecule has 0 spiro atoms. The number of thioether (sulfide) groups is 1. The first kappa shape index (κ1) is 20.6. The lowest BCUT2D eigenvalue weighted by Crippen LogP contribution is -2.25. The van der Waals surface area contributed by atoms with Crippen LogP contribution in [0.5, 0.6) is 0 Å². The minimum Gasteiger partial charge on any atom is -0.311 e. The Morgan fingerprint density at radius 2 is 1.93 bits per heavy atom. The van der Waals surface area contributed by atoms with Crippen molar-refractivity contribution in [3.63, 3.8) is 0 Å². The predicted octanol–water partition coefficient (Wildman–Crippen LogP) is 4.35. The Morgan fingerprint density at radius 1 is 1.17 bits per heavy atom. The summed E-state index contributed by atoms with van der Waals surface area (Å²) in [5.41, 5.74) is 2.14. The number of aryl methyl sites for hydroxylation is 1. The molecular weight excluding hydrogens is 416 g/mol. The number of hydrogen-bond donors (Lipinski definition) is 1. The van der Waals surface area contributed by atoms with Gasteiger partial charge in [-0.1, -0.05) is 54.7 Å². The molecule has 1 aromatic heterocycles. The second kappa shape index (κ2) is 9.40. The van der Waals surface area contributed by atoms with Gasteiger partial charge in [-0.2, -0.15) is 0 Å². The average molecular weight is 439 g/mol. The maximum atomic E-state index is 12.6. The van der Waals surface area contributed by atoms with Crippen molar-refractivity contribution >= 4 is 45.7 Å². The molecule has 8 heteroatoms. The van der Waals surface area contributed by atoms with Crippen LogP contribution in [0.2, 0.25) is 0 Å². The van der Waals surface area contributed by atoms with Crippen molar-refractivity contribution < 1.29 is 9.59 Å². The Hall–Kier alpha value is -2.71. The van der Waals surface area contributed by atoms with Crippen LogP contribution in [0, 0.1) is 0 Å². The highest BCUT2D eigenvalue weighted by molar-refractivity contribution is 8.00. The van der Waals surface area contributed by atoms with Gasteiger partial charge in [0, 0.05) is 29.5 Å². The number of benzene rings is 2. The lowest BCUT2D eigenvalue weighted by molar-refractivity contribution is -0.117. The third-order valence-corrected chi connectivity index (χ3v) is 6.95. The molecule has 1 aliphatic rings. The van der Waals surface area contributed by atoms with Crippen molar-refractivity contribution in [3.8, 4) is 0 Å². The molecule has 3 aromatic rings. The van der Waals surface area contributed by atoms with Gasteiger partial charge >= 0.3 is 0 Å². The van der Waals surface area contributed by atoms with E-state index in [0.29, 0.717) is 23.8 Å². The molecule has 1 unspecified atom stereocenters. The van der Waals surface area contributed by atoms with Gasteiger partial charge in [-0.3, -0.25) is 14.9 Å². The van der Waals surface area contributed by atoms with E-state index in [1.165, 1.54) is 23.1 Å². The fourth-order valence-electron chi connectivity index (χ4n) is 3.45. The lowest BCUT2D eigenvalue weighted by Gasteiger charge is -2.19. The topological polar surface area (TPSA) is 75.2 Å². The number of para-hydroxylation sites is 1. The first-order valence-corrected chi connectivity index (χ1v) is 11.6. The summed E-state index contributed by atoms with van der Waals surface area (Å²) in [5, 5.41) is 12.4. The predicted molar refractivity (Wildman–Crippen MR) is 121 cm³/mol. The van der Waals surface area contributed by atoms with Crippen molar-refractivity contribution in [1.82, 2.24) is 10.2 Å². The van der Waals surface area contributed by atoms with Crippen LogP contribution in [0.1, 0.15) is 29.8 Å². The Morgan fingerprint density at radius 3 is 2.73 bits per heavy atom. The Kier molecular flexibility index (Phi) is 6.44. The molecule has 4 rings (SSSR count). The molecule has 0 saturated carbocycles. The number of anilines is 2. The zero-order valence-electron chi connectivity index (χ0n) is 16.6. The molecule has 0 bridgehead atoms. The number of nitrogens with one attached hydrogen (secondary N) is 1. The monoisotopic (exact) mass is 438 g/mol. The SMILES string of the molecule is CCc1ccccc1N1CC(c2nnc(NC(=O)CSc3ccccc3)s2)CC1=O. The van der Waals surface area contributed by atoms with E-state index >= 15 is 0 Å². The van der Waals surface area contributed by atoms with E-state index < -0.39 is 0 Å². The van der Waals surface area contributed by atoms with E-state index in [0.717, 1.165) is 27.6 Å². The van der Waals surface area contributed by atoms with Crippen LogP contribution in [0.3, 0.4) is 0 Å². The van der Waals surface area contributed by atoms with E-state index in [2.05, 4.69) is 28.5 Å². The molecule has 0 aliphatic carbocycles. The van der Waals surface area contributed by atoms with Gasteiger partial charge in [-0.15, -0.1) is 22.0 Å². The first-order valence-electron chi connectivity index (χ1n) is 9.83. The van der Waals surface area contributed by atoms with Crippen molar-refractivity contribution in [3.05, 3.63) is 65.2 Å².